The summed E-state index contributed by atoms with van der Waals surface area (Å²) in [5.74, 6) is -0.550. The molecule has 2 aromatic carbocycles. The van der Waals surface area contributed by atoms with Gasteiger partial charge in [-0.2, -0.15) is 4.31 Å². The first kappa shape index (κ1) is 20.2. The Morgan fingerprint density at radius 3 is 2.43 bits per heavy atom. The van der Waals surface area contributed by atoms with Gasteiger partial charge in [-0.05, 0) is 24.3 Å². The van der Waals surface area contributed by atoms with E-state index in [1.54, 1.807) is 6.07 Å². The molecule has 9 nitrogen and oxygen atoms in total. The number of nitro groups is 1. The van der Waals surface area contributed by atoms with E-state index in [-0.39, 0.29) is 48.1 Å². The summed E-state index contributed by atoms with van der Waals surface area (Å²) in [5, 5.41) is 20.8. The average molecular weight is 470 g/mol. The lowest BCUT2D eigenvalue weighted by Gasteiger charge is -2.34. The number of benzene rings is 2. The molecule has 1 aliphatic rings. The summed E-state index contributed by atoms with van der Waals surface area (Å²) in [6.45, 7) is 0.370. The van der Waals surface area contributed by atoms with E-state index in [4.69, 9.17) is 0 Å². The van der Waals surface area contributed by atoms with Crippen molar-refractivity contribution in [3.63, 3.8) is 0 Å². The van der Waals surface area contributed by atoms with Crippen molar-refractivity contribution in [3.8, 4) is 5.75 Å². The number of carbonyl (C=O) groups excluding carboxylic acids is 1. The van der Waals surface area contributed by atoms with Crippen LogP contribution in [0, 0.1) is 10.1 Å². The number of hydrogen-bond acceptors (Lipinski definition) is 6. The lowest BCUT2D eigenvalue weighted by Crippen LogP contribution is -2.50. The molecule has 1 amide bonds. The molecule has 1 N–H and O–H groups in total. The van der Waals surface area contributed by atoms with E-state index in [9.17, 15) is 28.4 Å². The maximum atomic E-state index is 12.8. The van der Waals surface area contributed by atoms with E-state index < -0.39 is 20.9 Å². The highest BCUT2D eigenvalue weighted by molar-refractivity contribution is 9.10. The van der Waals surface area contributed by atoms with E-state index in [2.05, 4.69) is 15.9 Å². The topological polar surface area (TPSA) is 121 Å². The molecule has 0 unspecified atom stereocenters. The number of piperazine rings is 1. The number of carbonyl (C=O) groups is 1. The van der Waals surface area contributed by atoms with E-state index in [1.807, 2.05) is 0 Å². The number of rotatable bonds is 4. The molecule has 1 heterocycles. The quantitative estimate of drug-likeness (QED) is 0.540. The fourth-order valence-electron chi connectivity index (χ4n) is 2.89. The van der Waals surface area contributed by atoms with Crippen LogP contribution in [0.3, 0.4) is 0 Å². The average Bonchev–Trinajstić information content (AvgIpc) is 2.69. The molecule has 1 aliphatic heterocycles. The fourth-order valence-corrected chi connectivity index (χ4v) is 4.71. The molecule has 0 saturated carbocycles. The first-order valence-electron chi connectivity index (χ1n) is 8.22. The molecule has 28 heavy (non-hydrogen) atoms. The second-order valence-corrected chi connectivity index (χ2v) is 8.97. The van der Waals surface area contributed by atoms with Crippen molar-refractivity contribution in [1.29, 1.82) is 0 Å². The number of phenolic OH excluding ortho intramolecular Hbond substituents is 1. The van der Waals surface area contributed by atoms with Crippen molar-refractivity contribution >= 4 is 37.5 Å². The summed E-state index contributed by atoms with van der Waals surface area (Å²) < 4.78 is 27.4. The molecule has 0 atom stereocenters. The zero-order valence-electron chi connectivity index (χ0n) is 14.5. The van der Waals surface area contributed by atoms with Gasteiger partial charge in [0, 0.05) is 42.8 Å². The van der Waals surface area contributed by atoms with Crippen LogP contribution in [-0.4, -0.2) is 59.7 Å². The SMILES string of the molecule is O=C(c1cc(Br)ccc1O)N1CCN(S(=O)(=O)c2cccc([N+](=O)[O-])c2)CC1. The summed E-state index contributed by atoms with van der Waals surface area (Å²) in [5.41, 5.74) is -0.176. The van der Waals surface area contributed by atoms with Crippen LogP contribution < -0.4 is 0 Å². The van der Waals surface area contributed by atoms with Crippen LogP contribution in [0.15, 0.2) is 51.8 Å². The van der Waals surface area contributed by atoms with E-state index in [1.165, 1.54) is 39.5 Å². The van der Waals surface area contributed by atoms with Crippen LogP contribution in [-0.2, 0) is 10.0 Å². The summed E-state index contributed by atoms with van der Waals surface area (Å²) >= 11 is 3.25. The van der Waals surface area contributed by atoms with Gasteiger partial charge in [0.1, 0.15) is 5.75 Å². The first-order valence-corrected chi connectivity index (χ1v) is 10.5. The zero-order chi connectivity index (χ0) is 20.5. The van der Waals surface area contributed by atoms with Gasteiger partial charge < -0.3 is 10.0 Å². The van der Waals surface area contributed by atoms with Crippen molar-refractivity contribution < 1.29 is 23.2 Å². The Hall–Kier alpha value is -2.50. The molecule has 11 heteroatoms. The molecule has 148 valence electrons. The number of hydrogen-bond donors (Lipinski definition) is 1. The Labute approximate surface area is 169 Å². The van der Waals surface area contributed by atoms with Gasteiger partial charge in [0.15, 0.2) is 0 Å². The van der Waals surface area contributed by atoms with Crippen molar-refractivity contribution in [1.82, 2.24) is 9.21 Å². The van der Waals surface area contributed by atoms with Crippen LogP contribution in [0.25, 0.3) is 0 Å². The summed E-state index contributed by atoms with van der Waals surface area (Å²) in [4.78, 5) is 24.2. The number of nitro benzene ring substituents is 1. The Kier molecular flexibility index (Phi) is 5.68. The number of phenols is 1. The third-order valence-corrected chi connectivity index (χ3v) is 6.77. The minimum absolute atomic E-state index is 0.0472. The van der Waals surface area contributed by atoms with Crippen LogP contribution in [0.4, 0.5) is 5.69 Å². The Bertz CT molecular complexity index is 1030. The fraction of sp³-hybridized carbons (Fsp3) is 0.235. The van der Waals surface area contributed by atoms with Gasteiger partial charge in [-0.15, -0.1) is 0 Å². The number of non-ortho nitro benzene ring substituents is 1. The smallest absolute Gasteiger partial charge is 0.270 e. The lowest BCUT2D eigenvalue weighted by molar-refractivity contribution is -0.385. The van der Waals surface area contributed by atoms with E-state index >= 15 is 0 Å². The van der Waals surface area contributed by atoms with Crippen molar-refractivity contribution in [2.45, 2.75) is 4.90 Å². The molecule has 1 saturated heterocycles. The number of halogens is 1. The molecule has 2 aromatic rings. The molecule has 0 bridgehead atoms. The van der Waals surface area contributed by atoms with Gasteiger partial charge in [-0.25, -0.2) is 8.42 Å². The molecule has 3 rings (SSSR count). The van der Waals surface area contributed by atoms with Crippen LogP contribution in [0.5, 0.6) is 5.75 Å². The molecular formula is C17H16BrN3O6S. The molecule has 0 spiro atoms. The van der Waals surface area contributed by atoms with Gasteiger partial charge >= 0.3 is 0 Å². The summed E-state index contributed by atoms with van der Waals surface area (Å²) in [6.07, 6.45) is 0. The Balaban J connectivity index is 1.74. The molecule has 0 aromatic heterocycles. The van der Waals surface area contributed by atoms with Gasteiger partial charge in [-0.3, -0.25) is 14.9 Å². The number of amides is 1. The van der Waals surface area contributed by atoms with Crippen molar-refractivity contribution in [2.75, 3.05) is 26.2 Å². The van der Waals surface area contributed by atoms with Gasteiger partial charge in [0.25, 0.3) is 11.6 Å². The summed E-state index contributed by atoms with van der Waals surface area (Å²) in [6, 6.07) is 9.38. The second kappa shape index (κ2) is 7.86. The van der Waals surface area contributed by atoms with Crippen LogP contribution in [0.2, 0.25) is 0 Å². The highest BCUT2D eigenvalue weighted by Gasteiger charge is 2.31. The standard InChI is InChI=1S/C17H16BrN3O6S/c18-12-4-5-16(22)15(10-12)17(23)19-6-8-20(9-7-19)28(26,27)14-3-1-2-13(11-14)21(24)25/h1-5,10-11,22H,6-9H2. The molecule has 0 aliphatic carbocycles. The van der Waals surface area contributed by atoms with Crippen LogP contribution in [0.1, 0.15) is 10.4 Å². The van der Waals surface area contributed by atoms with Gasteiger partial charge in [-0.1, -0.05) is 22.0 Å². The highest BCUT2D eigenvalue weighted by atomic mass is 79.9. The third kappa shape index (κ3) is 4.01. The molecular weight excluding hydrogens is 454 g/mol. The monoisotopic (exact) mass is 469 g/mol. The lowest BCUT2D eigenvalue weighted by atomic mass is 10.1. The normalized spacial score (nSPS) is 15.4. The van der Waals surface area contributed by atoms with Crippen molar-refractivity contribution in [2.24, 2.45) is 0 Å². The van der Waals surface area contributed by atoms with Gasteiger partial charge in [0.2, 0.25) is 10.0 Å². The number of nitrogens with zero attached hydrogens (tertiary/aromatic N) is 3. The second-order valence-electron chi connectivity index (χ2n) is 6.11. The predicted octanol–water partition coefficient (Wildman–Crippen LogP) is 2.21. The maximum absolute atomic E-state index is 12.8. The zero-order valence-corrected chi connectivity index (χ0v) is 16.9. The molecule has 1 fully saturated rings. The molecule has 0 radical (unpaired) electrons. The predicted molar refractivity (Wildman–Crippen MR) is 104 cm³/mol. The Morgan fingerprint density at radius 2 is 1.79 bits per heavy atom. The number of aromatic hydroxyl groups is 1. The van der Waals surface area contributed by atoms with Crippen LogP contribution >= 0.6 is 15.9 Å². The van der Waals surface area contributed by atoms with E-state index in [0.29, 0.717) is 4.47 Å². The highest BCUT2D eigenvalue weighted by Crippen LogP contribution is 2.25. The minimum Gasteiger partial charge on any atom is -0.507 e. The number of sulfonamides is 1. The summed E-state index contributed by atoms with van der Waals surface area (Å²) in [7, 11) is -3.91. The largest absolute Gasteiger partial charge is 0.507 e. The maximum Gasteiger partial charge on any atom is 0.270 e. The van der Waals surface area contributed by atoms with Crippen molar-refractivity contribution in [3.05, 3.63) is 62.6 Å². The van der Waals surface area contributed by atoms with E-state index in [0.717, 1.165) is 6.07 Å². The third-order valence-electron chi connectivity index (χ3n) is 4.38. The minimum atomic E-state index is -3.91. The first-order chi connectivity index (χ1) is 13.2. The van der Waals surface area contributed by atoms with Gasteiger partial charge in [0.05, 0.1) is 15.4 Å². The Morgan fingerprint density at radius 1 is 1.11 bits per heavy atom.